The van der Waals surface area contributed by atoms with E-state index in [1.54, 1.807) is 0 Å². The second kappa shape index (κ2) is 6.55. The maximum Gasteiger partial charge on any atom is 0.223 e. The third kappa shape index (κ3) is 3.71. The minimum absolute atomic E-state index is 0.257. The molecule has 0 spiro atoms. The van der Waals surface area contributed by atoms with Crippen LogP contribution >= 0.6 is 0 Å². The van der Waals surface area contributed by atoms with Crippen LogP contribution in [0, 0.1) is 11.8 Å². The largest absolute Gasteiger partial charge is 0.356 e. The molecule has 0 bridgehead atoms. The van der Waals surface area contributed by atoms with E-state index in [9.17, 15) is 4.79 Å². The van der Waals surface area contributed by atoms with E-state index in [4.69, 9.17) is 0 Å². The summed E-state index contributed by atoms with van der Waals surface area (Å²) in [4.78, 5) is 14.5. The Morgan fingerprint density at radius 3 is 2.50 bits per heavy atom. The van der Waals surface area contributed by atoms with Gasteiger partial charge in [-0.25, -0.2) is 0 Å². The van der Waals surface area contributed by atoms with E-state index in [1.165, 1.54) is 38.5 Å². The molecule has 0 aliphatic heterocycles. The summed E-state index contributed by atoms with van der Waals surface area (Å²) >= 11 is 0. The van der Waals surface area contributed by atoms with Gasteiger partial charge < -0.3 is 10.2 Å². The van der Waals surface area contributed by atoms with Crippen LogP contribution in [0.3, 0.4) is 0 Å². The highest BCUT2D eigenvalue weighted by molar-refractivity contribution is 5.78. The van der Waals surface area contributed by atoms with Gasteiger partial charge in [0, 0.05) is 18.5 Å². The number of hydrogen-bond acceptors (Lipinski definition) is 2. The predicted octanol–water partition coefficient (Wildman–Crippen LogP) is 2.41. The first kappa shape index (κ1) is 13.9. The summed E-state index contributed by atoms with van der Waals surface area (Å²) in [6.45, 7) is 0.919. The molecule has 18 heavy (non-hydrogen) atoms. The second-order valence-electron chi connectivity index (χ2n) is 6.38. The molecule has 0 aromatic heterocycles. The van der Waals surface area contributed by atoms with Gasteiger partial charge in [0.05, 0.1) is 0 Å². The summed E-state index contributed by atoms with van der Waals surface area (Å²) in [7, 11) is 4.26. The first-order valence-electron chi connectivity index (χ1n) is 7.61. The van der Waals surface area contributed by atoms with Crippen molar-refractivity contribution in [3.05, 3.63) is 0 Å². The molecule has 0 radical (unpaired) electrons. The van der Waals surface area contributed by atoms with Gasteiger partial charge in [-0.05, 0) is 52.1 Å². The lowest BCUT2D eigenvalue weighted by Gasteiger charge is -2.32. The van der Waals surface area contributed by atoms with Crippen LogP contribution in [0.5, 0.6) is 0 Å². The molecule has 2 unspecified atom stereocenters. The highest BCUT2D eigenvalue weighted by Gasteiger charge is 2.28. The average molecular weight is 252 g/mol. The van der Waals surface area contributed by atoms with Crippen LogP contribution in [0.15, 0.2) is 0 Å². The molecular formula is C15H28N2O. The van der Waals surface area contributed by atoms with Crippen molar-refractivity contribution in [1.82, 2.24) is 10.2 Å². The van der Waals surface area contributed by atoms with E-state index in [-0.39, 0.29) is 5.92 Å². The van der Waals surface area contributed by atoms with Gasteiger partial charge in [0.2, 0.25) is 5.91 Å². The van der Waals surface area contributed by atoms with E-state index in [1.807, 2.05) is 0 Å². The Balaban J connectivity index is 1.73. The van der Waals surface area contributed by atoms with Gasteiger partial charge >= 0.3 is 0 Å². The number of carbonyl (C=O) groups is 1. The summed E-state index contributed by atoms with van der Waals surface area (Å²) in [6.07, 6.45) is 9.91. The van der Waals surface area contributed by atoms with E-state index < -0.39 is 0 Å². The highest BCUT2D eigenvalue weighted by atomic mass is 16.1. The van der Waals surface area contributed by atoms with Crippen LogP contribution in [0.25, 0.3) is 0 Å². The molecule has 2 atom stereocenters. The molecule has 2 fully saturated rings. The second-order valence-corrected chi connectivity index (χ2v) is 6.38. The fraction of sp³-hybridized carbons (Fsp3) is 0.933. The Labute approximate surface area is 111 Å². The summed E-state index contributed by atoms with van der Waals surface area (Å²) in [5.41, 5.74) is 0. The van der Waals surface area contributed by atoms with Gasteiger partial charge in [0.1, 0.15) is 0 Å². The number of carbonyl (C=O) groups excluding carboxylic acids is 1. The lowest BCUT2D eigenvalue weighted by Crippen LogP contribution is -2.40. The standard InChI is InChI=1S/C15H28N2O/c1-17(2)14-9-5-8-13(10-14)15(18)16-11-12-6-3-4-7-12/h12-14H,3-11H2,1-2H3,(H,16,18). The van der Waals surface area contributed by atoms with E-state index in [0.29, 0.717) is 11.9 Å². The van der Waals surface area contributed by atoms with Gasteiger partial charge in [0.25, 0.3) is 0 Å². The van der Waals surface area contributed by atoms with Crippen molar-refractivity contribution in [3.8, 4) is 0 Å². The lowest BCUT2D eigenvalue weighted by atomic mass is 9.84. The maximum absolute atomic E-state index is 12.2. The van der Waals surface area contributed by atoms with E-state index in [2.05, 4.69) is 24.3 Å². The van der Waals surface area contributed by atoms with Crippen molar-refractivity contribution in [1.29, 1.82) is 0 Å². The lowest BCUT2D eigenvalue weighted by molar-refractivity contribution is -0.126. The minimum atomic E-state index is 0.257. The van der Waals surface area contributed by atoms with Crippen LogP contribution < -0.4 is 5.32 Å². The third-order valence-corrected chi connectivity index (χ3v) is 4.79. The Hall–Kier alpha value is -0.570. The minimum Gasteiger partial charge on any atom is -0.356 e. The predicted molar refractivity (Wildman–Crippen MR) is 74.4 cm³/mol. The summed E-state index contributed by atoms with van der Waals surface area (Å²) in [5.74, 6) is 1.32. The monoisotopic (exact) mass is 252 g/mol. The molecule has 2 aliphatic rings. The molecule has 2 saturated carbocycles. The van der Waals surface area contributed by atoms with Gasteiger partial charge in [-0.15, -0.1) is 0 Å². The molecule has 104 valence electrons. The Morgan fingerprint density at radius 2 is 1.83 bits per heavy atom. The van der Waals surface area contributed by atoms with Gasteiger partial charge in [-0.2, -0.15) is 0 Å². The van der Waals surface area contributed by atoms with E-state index >= 15 is 0 Å². The molecule has 3 nitrogen and oxygen atoms in total. The van der Waals surface area contributed by atoms with Crippen LogP contribution in [0.1, 0.15) is 51.4 Å². The first-order chi connectivity index (χ1) is 8.66. The molecule has 1 N–H and O–H groups in total. The highest BCUT2D eigenvalue weighted by Crippen LogP contribution is 2.27. The van der Waals surface area contributed by atoms with Crippen LogP contribution in [-0.2, 0) is 4.79 Å². The van der Waals surface area contributed by atoms with Crippen LogP contribution in [0.4, 0.5) is 0 Å². The average Bonchev–Trinajstić information content (AvgIpc) is 2.89. The van der Waals surface area contributed by atoms with E-state index in [0.717, 1.165) is 25.3 Å². The fourth-order valence-electron chi connectivity index (χ4n) is 3.47. The topological polar surface area (TPSA) is 32.3 Å². The maximum atomic E-state index is 12.2. The van der Waals surface area contributed by atoms with Crippen molar-refractivity contribution in [3.63, 3.8) is 0 Å². The Kier molecular flexibility index (Phi) is 5.04. The zero-order valence-electron chi connectivity index (χ0n) is 12.0. The van der Waals surface area contributed by atoms with Crippen LogP contribution in [-0.4, -0.2) is 37.5 Å². The number of amides is 1. The molecular weight excluding hydrogens is 224 g/mol. The molecule has 0 heterocycles. The zero-order valence-corrected chi connectivity index (χ0v) is 12.0. The quantitative estimate of drug-likeness (QED) is 0.833. The third-order valence-electron chi connectivity index (χ3n) is 4.79. The smallest absolute Gasteiger partial charge is 0.223 e. The SMILES string of the molecule is CN(C)C1CCCC(C(=O)NCC2CCCC2)C1. The molecule has 0 aromatic rings. The van der Waals surface area contributed by atoms with Gasteiger partial charge in [-0.3, -0.25) is 4.79 Å². The number of hydrogen-bond donors (Lipinski definition) is 1. The molecule has 2 rings (SSSR count). The number of rotatable bonds is 4. The molecule has 3 heteroatoms. The fourth-order valence-corrected chi connectivity index (χ4v) is 3.47. The van der Waals surface area contributed by atoms with Gasteiger partial charge in [-0.1, -0.05) is 19.3 Å². The number of nitrogens with one attached hydrogen (secondary N) is 1. The van der Waals surface area contributed by atoms with Crippen molar-refractivity contribution >= 4 is 5.91 Å². The van der Waals surface area contributed by atoms with Crippen LogP contribution in [0.2, 0.25) is 0 Å². The molecule has 2 aliphatic carbocycles. The first-order valence-corrected chi connectivity index (χ1v) is 7.61. The Morgan fingerprint density at radius 1 is 1.11 bits per heavy atom. The molecule has 0 saturated heterocycles. The van der Waals surface area contributed by atoms with Gasteiger partial charge in [0.15, 0.2) is 0 Å². The molecule has 0 aromatic carbocycles. The normalized spacial score (nSPS) is 29.7. The summed E-state index contributed by atoms with van der Waals surface area (Å²) < 4.78 is 0. The Bertz CT molecular complexity index is 272. The number of nitrogens with zero attached hydrogens (tertiary/aromatic N) is 1. The summed E-state index contributed by atoms with van der Waals surface area (Å²) in [5, 5.41) is 3.20. The van der Waals surface area contributed by atoms with Crippen molar-refractivity contribution < 1.29 is 4.79 Å². The van der Waals surface area contributed by atoms with Crippen molar-refractivity contribution in [2.24, 2.45) is 11.8 Å². The van der Waals surface area contributed by atoms with Crippen molar-refractivity contribution in [2.45, 2.75) is 57.4 Å². The van der Waals surface area contributed by atoms with Crippen molar-refractivity contribution in [2.75, 3.05) is 20.6 Å². The zero-order chi connectivity index (χ0) is 13.0. The summed E-state index contributed by atoms with van der Waals surface area (Å²) in [6, 6.07) is 0.598. The molecule has 1 amide bonds.